The van der Waals surface area contributed by atoms with Gasteiger partial charge < -0.3 is 0 Å². The molecule has 3 fully saturated rings. The SMILES string of the molecule is CC1CCC2C(C)(C)C3CC12CC(=O)C3(C)C. The zero-order valence-electron chi connectivity index (χ0n) is 12.0. The fourth-order valence-electron chi connectivity index (χ4n) is 5.95. The molecule has 96 valence electrons. The number of Topliss-reactive ketones (excluding diaryl/α,β-unsaturated/α-hetero) is 1. The Labute approximate surface area is 105 Å². The lowest BCUT2D eigenvalue weighted by Gasteiger charge is -2.44. The summed E-state index contributed by atoms with van der Waals surface area (Å²) >= 11 is 0. The van der Waals surface area contributed by atoms with Crippen molar-refractivity contribution in [2.75, 3.05) is 0 Å². The standard InChI is InChI=1S/C16H26O/c1-10-6-7-11-14(2,3)12-8-16(10,11)9-13(17)15(12,4)5/h10-12H,6-9H2,1-5H3. The van der Waals surface area contributed by atoms with Crippen LogP contribution in [-0.2, 0) is 4.79 Å². The third-order valence-corrected chi connectivity index (χ3v) is 7.02. The molecule has 0 aliphatic heterocycles. The fourth-order valence-corrected chi connectivity index (χ4v) is 5.95. The number of carbonyl (C=O) groups is 1. The number of hydrogen-bond acceptors (Lipinski definition) is 1. The van der Waals surface area contributed by atoms with Crippen LogP contribution in [0.1, 0.15) is 60.3 Å². The van der Waals surface area contributed by atoms with E-state index >= 15 is 0 Å². The molecule has 2 bridgehead atoms. The van der Waals surface area contributed by atoms with Crippen molar-refractivity contribution in [1.82, 2.24) is 0 Å². The van der Waals surface area contributed by atoms with Gasteiger partial charge in [0, 0.05) is 11.8 Å². The molecule has 0 saturated heterocycles. The van der Waals surface area contributed by atoms with Gasteiger partial charge in [0.2, 0.25) is 0 Å². The van der Waals surface area contributed by atoms with E-state index in [9.17, 15) is 4.79 Å². The van der Waals surface area contributed by atoms with Crippen LogP contribution >= 0.6 is 0 Å². The molecule has 0 aromatic heterocycles. The van der Waals surface area contributed by atoms with Gasteiger partial charge in [-0.2, -0.15) is 0 Å². The van der Waals surface area contributed by atoms with Crippen LogP contribution in [0.2, 0.25) is 0 Å². The average Bonchev–Trinajstić information content (AvgIpc) is 2.61. The Morgan fingerprint density at radius 1 is 1.06 bits per heavy atom. The minimum absolute atomic E-state index is 0.0845. The van der Waals surface area contributed by atoms with Crippen molar-refractivity contribution in [2.45, 2.75) is 60.3 Å². The van der Waals surface area contributed by atoms with Crippen LogP contribution in [-0.4, -0.2) is 5.78 Å². The summed E-state index contributed by atoms with van der Waals surface area (Å²) in [6.45, 7) is 11.6. The lowest BCUT2D eigenvalue weighted by molar-refractivity contribution is -0.137. The maximum atomic E-state index is 12.5. The van der Waals surface area contributed by atoms with E-state index in [4.69, 9.17) is 0 Å². The van der Waals surface area contributed by atoms with Crippen LogP contribution in [0.15, 0.2) is 0 Å². The number of fused-ring (bicyclic) bond motifs is 1. The van der Waals surface area contributed by atoms with E-state index in [1.54, 1.807) is 0 Å². The molecule has 3 aliphatic carbocycles. The van der Waals surface area contributed by atoms with Gasteiger partial charge in [-0.15, -0.1) is 0 Å². The van der Waals surface area contributed by atoms with Crippen LogP contribution in [0.5, 0.6) is 0 Å². The average molecular weight is 234 g/mol. The molecule has 4 atom stereocenters. The van der Waals surface area contributed by atoms with Gasteiger partial charge in [-0.05, 0) is 47.8 Å². The molecule has 0 radical (unpaired) electrons. The normalized spacial score (nSPS) is 50.4. The minimum atomic E-state index is -0.0845. The predicted octanol–water partition coefficient (Wildman–Crippen LogP) is 4.06. The first-order valence-corrected chi connectivity index (χ1v) is 7.26. The monoisotopic (exact) mass is 234 g/mol. The molecule has 4 unspecified atom stereocenters. The molecule has 0 N–H and O–H groups in total. The zero-order chi connectivity index (χ0) is 12.6. The first kappa shape index (κ1) is 11.7. The zero-order valence-corrected chi connectivity index (χ0v) is 12.0. The largest absolute Gasteiger partial charge is 0.299 e. The van der Waals surface area contributed by atoms with Crippen molar-refractivity contribution >= 4 is 5.78 Å². The fraction of sp³-hybridized carbons (Fsp3) is 0.938. The molecule has 1 nitrogen and oxygen atoms in total. The quantitative estimate of drug-likeness (QED) is 0.617. The molecule has 0 aromatic carbocycles. The van der Waals surface area contributed by atoms with E-state index in [0.717, 1.165) is 18.3 Å². The van der Waals surface area contributed by atoms with Crippen LogP contribution in [0.25, 0.3) is 0 Å². The molecule has 0 amide bonds. The van der Waals surface area contributed by atoms with E-state index in [1.807, 2.05) is 0 Å². The van der Waals surface area contributed by atoms with Crippen molar-refractivity contribution in [2.24, 2.45) is 34.0 Å². The van der Waals surface area contributed by atoms with Gasteiger partial charge in [-0.1, -0.05) is 34.6 Å². The molecule has 1 heteroatoms. The number of carbonyl (C=O) groups excluding carboxylic acids is 1. The third kappa shape index (κ3) is 1.14. The first-order valence-electron chi connectivity index (χ1n) is 7.26. The summed E-state index contributed by atoms with van der Waals surface area (Å²) in [5.74, 6) is 2.69. The Kier molecular flexibility index (Phi) is 2.05. The first-order chi connectivity index (χ1) is 7.73. The van der Waals surface area contributed by atoms with Crippen LogP contribution in [0.3, 0.4) is 0 Å². The molecule has 17 heavy (non-hydrogen) atoms. The second-order valence-corrected chi connectivity index (χ2v) is 8.16. The summed E-state index contributed by atoms with van der Waals surface area (Å²) in [6, 6.07) is 0. The van der Waals surface area contributed by atoms with E-state index < -0.39 is 0 Å². The van der Waals surface area contributed by atoms with Gasteiger partial charge in [-0.25, -0.2) is 0 Å². The van der Waals surface area contributed by atoms with Gasteiger partial charge in [0.25, 0.3) is 0 Å². The molecule has 3 saturated carbocycles. The van der Waals surface area contributed by atoms with Gasteiger partial charge in [0.15, 0.2) is 0 Å². The van der Waals surface area contributed by atoms with E-state index in [1.165, 1.54) is 19.3 Å². The summed E-state index contributed by atoms with van der Waals surface area (Å²) < 4.78 is 0. The third-order valence-electron chi connectivity index (χ3n) is 7.02. The van der Waals surface area contributed by atoms with E-state index in [2.05, 4.69) is 34.6 Å². The Morgan fingerprint density at radius 2 is 1.71 bits per heavy atom. The van der Waals surface area contributed by atoms with E-state index in [-0.39, 0.29) is 5.41 Å². The Morgan fingerprint density at radius 3 is 2.35 bits per heavy atom. The smallest absolute Gasteiger partial charge is 0.139 e. The topological polar surface area (TPSA) is 17.1 Å². The second kappa shape index (κ2) is 2.97. The highest BCUT2D eigenvalue weighted by Crippen LogP contribution is 2.73. The molecule has 3 aliphatic rings. The number of rotatable bonds is 0. The molecule has 0 aromatic rings. The molecular weight excluding hydrogens is 208 g/mol. The van der Waals surface area contributed by atoms with Crippen molar-refractivity contribution in [3.05, 3.63) is 0 Å². The molecular formula is C16H26O. The van der Waals surface area contributed by atoms with Gasteiger partial charge in [0.05, 0.1) is 0 Å². The molecule has 3 rings (SSSR count). The Bertz CT molecular complexity index is 379. The Balaban J connectivity index is 2.13. The van der Waals surface area contributed by atoms with E-state index in [0.29, 0.717) is 22.5 Å². The minimum Gasteiger partial charge on any atom is -0.299 e. The van der Waals surface area contributed by atoms with Gasteiger partial charge in [0.1, 0.15) is 5.78 Å². The van der Waals surface area contributed by atoms with Crippen molar-refractivity contribution < 1.29 is 4.79 Å². The summed E-state index contributed by atoms with van der Waals surface area (Å²) in [7, 11) is 0. The van der Waals surface area contributed by atoms with Crippen molar-refractivity contribution in [1.29, 1.82) is 0 Å². The maximum Gasteiger partial charge on any atom is 0.139 e. The van der Waals surface area contributed by atoms with Gasteiger partial charge in [-0.3, -0.25) is 4.79 Å². The highest BCUT2D eigenvalue weighted by molar-refractivity contribution is 5.86. The van der Waals surface area contributed by atoms with Crippen LogP contribution in [0.4, 0.5) is 0 Å². The lowest BCUT2D eigenvalue weighted by atomic mass is 9.59. The summed E-state index contributed by atoms with van der Waals surface area (Å²) in [4.78, 5) is 12.5. The van der Waals surface area contributed by atoms with Crippen LogP contribution in [0, 0.1) is 34.0 Å². The number of hydrogen-bond donors (Lipinski definition) is 0. The van der Waals surface area contributed by atoms with Crippen molar-refractivity contribution in [3.8, 4) is 0 Å². The lowest BCUT2D eigenvalue weighted by Crippen LogP contribution is -2.43. The van der Waals surface area contributed by atoms with Crippen molar-refractivity contribution in [3.63, 3.8) is 0 Å². The molecule has 0 heterocycles. The summed E-state index contributed by atoms with van der Waals surface area (Å²) in [6.07, 6.45) is 4.87. The second-order valence-electron chi connectivity index (χ2n) is 8.16. The molecule has 1 spiro atoms. The predicted molar refractivity (Wildman–Crippen MR) is 69.6 cm³/mol. The highest BCUT2D eigenvalue weighted by atomic mass is 16.1. The van der Waals surface area contributed by atoms with Crippen LogP contribution < -0.4 is 0 Å². The number of ketones is 1. The van der Waals surface area contributed by atoms with Gasteiger partial charge >= 0.3 is 0 Å². The highest BCUT2D eigenvalue weighted by Gasteiger charge is 2.69. The summed E-state index contributed by atoms with van der Waals surface area (Å²) in [5.41, 5.74) is 0.653. The Hall–Kier alpha value is -0.330. The summed E-state index contributed by atoms with van der Waals surface area (Å²) in [5, 5.41) is 0. The maximum absolute atomic E-state index is 12.5.